The van der Waals surface area contributed by atoms with Gasteiger partial charge in [0, 0.05) is 35.3 Å². The van der Waals surface area contributed by atoms with E-state index in [1.165, 1.54) is 0 Å². The molecule has 7 nitrogen and oxygen atoms in total. The van der Waals surface area contributed by atoms with Crippen LogP contribution >= 0.6 is 0 Å². The summed E-state index contributed by atoms with van der Waals surface area (Å²) in [6.07, 6.45) is 8.16. The summed E-state index contributed by atoms with van der Waals surface area (Å²) in [7, 11) is 0. The fourth-order valence-electron chi connectivity index (χ4n) is 5.14. The average Bonchev–Trinajstić information content (AvgIpc) is 3.30. The third-order valence-corrected chi connectivity index (χ3v) is 7.06. The molecule has 0 aliphatic heterocycles. The molecule has 0 unspecified atom stereocenters. The maximum Gasteiger partial charge on any atom is 0.219 e. The largest absolute Gasteiger partial charge is 0.439 e. The number of ether oxygens (including phenoxy) is 1. The molecule has 1 aliphatic carbocycles. The summed E-state index contributed by atoms with van der Waals surface area (Å²) in [5.74, 6) is 3.82. The molecule has 0 radical (unpaired) electrons. The van der Waals surface area contributed by atoms with Crippen LogP contribution in [0.4, 0.5) is 5.82 Å². The molecular formula is C28H28N6O. The zero-order valence-corrected chi connectivity index (χ0v) is 19.5. The Labute approximate surface area is 203 Å². The summed E-state index contributed by atoms with van der Waals surface area (Å²) in [6.45, 7) is 0.761. The molecule has 1 fully saturated rings. The van der Waals surface area contributed by atoms with E-state index in [0.717, 1.165) is 71.5 Å². The van der Waals surface area contributed by atoms with Crippen LogP contribution in [0.2, 0.25) is 0 Å². The fraction of sp³-hybridized carbons (Fsp3) is 0.250. The first kappa shape index (κ1) is 21.6. The van der Waals surface area contributed by atoms with Gasteiger partial charge in [0.05, 0.1) is 5.52 Å². The quantitative estimate of drug-likeness (QED) is 0.353. The molecule has 2 aromatic carbocycles. The lowest BCUT2D eigenvalue weighted by molar-refractivity contribution is 0.325. The Morgan fingerprint density at radius 1 is 0.943 bits per heavy atom. The second kappa shape index (κ2) is 9.00. The van der Waals surface area contributed by atoms with E-state index in [4.69, 9.17) is 26.2 Å². The molecule has 176 valence electrons. The van der Waals surface area contributed by atoms with Crippen molar-refractivity contribution < 1.29 is 4.74 Å². The second-order valence-electron chi connectivity index (χ2n) is 9.28. The number of nitrogens with two attached hydrogens (primary N) is 2. The van der Waals surface area contributed by atoms with E-state index in [1.807, 2.05) is 48.7 Å². The summed E-state index contributed by atoms with van der Waals surface area (Å²) in [5, 5.41) is 1.03. The summed E-state index contributed by atoms with van der Waals surface area (Å²) in [4.78, 5) is 14.3. The lowest BCUT2D eigenvalue weighted by atomic mass is 9.81. The molecular weight excluding hydrogens is 436 g/mol. The number of hydrogen-bond donors (Lipinski definition) is 2. The van der Waals surface area contributed by atoms with Gasteiger partial charge in [-0.15, -0.1) is 0 Å². The van der Waals surface area contributed by atoms with E-state index in [2.05, 4.69) is 27.6 Å². The van der Waals surface area contributed by atoms with Crippen LogP contribution in [-0.4, -0.2) is 25.9 Å². The highest BCUT2D eigenvalue weighted by Gasteiger charge is 2.27. The zero-order valence-electron chi connectivity index (χ0n) is 19.5. The van der Waals surface area contributed by atoms with Crippen LogP contribution in [0.15, 0.2) is 73.1 Å². The zero-order chi connectivity index (χ0) is 23.8. The molecule has 1 aliphatic rings. The Morgan fingerprint density at radius 2 is 1.74 bits per heavy atom. The van der Waals surface area contributed by atoms with Crippen molar-refractivity contribution in [3.05, 3.63) is 78.9 Å². The first-order valence-corrected chi connectivity index (χ1v) is 12.2. The summed E-state index contributed by atoms with van der Waals surface area (Å²) < 4.78 is 8.08. The van der Waals surface area contributed by atoms with Crippen molar-refractivity contribution in [2.24, 2.45) is 11.7 Å². The Bertz CT molecular complexity index is 1490. The Morgan fingerprint density at radius 3 is 2.54 bits per heavy atom. The van der Waals surface area contributed by atoms with Gasteiger partial charge in [-0.05, 0) is 62.4 Å². The van der Waals surface area contributed by atoms with Crippen LogP contribution < -0.4 is 16.2 Å². The minimum Gasteiger partial charge on any atom is -0.439 e. The molecule has 35 heavy (non-hydrogen) atoms. The van der Waals surface area contributed by atoms with E-state index >= 15 is 0 Å². The lowest BCUT2D eigenvalue weighted by Crippen LogP contribution is -2.21. The molecule has 0 amide bonds. The topological polar surface area (TPSA) is 104 Å². The van der Waals surface area contributed by atoms with Gasteiger partial charge in [0.25, 0.3) is 0 Å². The Kier molecular flexibility index (Phi) is 5.54. The minimum absolute atomic E-state index is 0.380. The van der Waals surface area contributed by atoms with Gasteiger partial charge in [-0.2, -0.15) is 0 Å². The number of benzene rings is 2. The van der Waals surface area contributed by atoms with Gasteiger partial charge in [-0.25, -0.2) is 15.0 Å². The second-order valence-corrected chi connectivity index (χ2v) is 9.28. The predicted octanol–water partition coefficient (Wildman–Crippen LogP) is 5.55. The van der Waals surface area contributed by atoms with Crippen LogP contribution in [0.5, 0.6) is 11.6 Å². The predicted molar refractivity (Wildman–Crippen MR) is 138 cm³/mol. The highest BCUT2D eigenvalue weighted by molar-refractivity contribution is 5.90. The summed E-state index contributed by atoms with van der Waals surface area (Å²) in [5.41, 5.74) is 15.8. The fourth-order valence-corrected chi connectivity index (χ4v) is 5.14. The van der Waals surface area contributed by atoms with Crippen LogP contribution in [-0.2, 0) is 0 Å². The molecule has 0 spiro atoms. The van der Waals surface area contributed by atoms with Gasteiger partial charge in [0.1, 0.15) is 28.6 Å². The normalized spacial score (nSPS) is 18.2. The van der Waals surface area contributed by atoms with E-state index in [9.17, 15) is 0 Å². The van der Waals surface area contributed by atoms with Crippen molar-refractivity contribution in [2.45, 2.75) is 31.6 Å². The van der Waals surface area contributed by atoms with Crippen molar-refractivity contribution in [3.63, 3.8) is 0 Å². The van der Waals surface area contributed by atoms with Gasteiger partial charge in [-0.1, -0.05) is 30.3 Å². The first-order chi connectivity index (χ1) is 17.2. The molecule has 0 atom stereocenters. The summed E-state index contributed by atoms with van der Waals surface area (Å²) >= 11 is 0. The van der Waals surface area contributed by atoms with Crippen molar-refractivity contribution in [3.8, 4) is 22.9 Å². The Hall–Kier alpha value is -3.97. The SMILES string of the molecule is NCC1CCC(c2nc(-c3ccc4ccc(Oc5ccccc5)nc4c3)c3c(N)nccn23)CC1. The van der Waals surface area contributed by atoms with Crippen LogP contribution in [0.3, 0.4) is 0 Å². The maximum absolute atomic E-state index is 6.38. The van der Waals surface area contributed by atoms with Gasteiger partial charge < -0.3 is 16.2 Å². The number of imidazole rings is 1. The molecule has 5 aromatic rings. The number of rotatable bonds is 5. The monoisotopic (exact) mass is 464 g/mol. The van der Waals surface area contributed by atoms with Crippen molar-refractivity contribution in [1.82, 2.24) is 19.4 Å². The van der Waals surface area contributed by atoms with E-state index in [-0.39, 0.29) is 0 Å². The standard InChI is InChI=1S/C28H28N6O/c29-17-18-6-8-20(9-7-18)28-33-25(26-27(30)31-14-15-34(26)28)21-11-10-19-12-13-24(32-23(19)16-21)35-22-4-2-1-3-5-22/h1-5,10-16,18,20H,6-9,17,29H2,(H2,30,31). The van der Waals surface area contributed by atoms with Crippen molar-refractivity contribution in [1.29, 1.82) is 0 Å². The smallest absolute Gasteiger partial charge is 0.219 e. The van der Waals surface area contributed by atoms with Gasteiger partial charge in [0.15, 0.2) is 0 Å². The number of hydrogen-bond acceptors (Lipinski definition) is 6. The van der Waals surface area contributed by atoms with Gasteiger partial charge >= 0.3 is 0 Å². The average molecular weight is 465 g/mol. The minimum atomic E-state index is 0.380. The van der Waals surface area contributed by atoms with E-state index < -0.39 is 0 Å². The van der Waals surface area contributed by atoms with E-state index in [1.54, 1.807) is 6.20 Å². The van der Waals surface area contributed by atoms with E-state index in [0.29, 0.717) is 23.5 Å². The highest BCUT2D eigenvalue weighted by atomic mass is 16.5. The van der Waals surface area contributed by atoms with Crippen LogP contribution in [0.25, 0.3) is 27.7 Å². The number of para-hydroxylation sites is 1. The van der Waals surface area contributed by atoms with Crippen LogP contribution in [0.1, 0.15) is 37.4 Å². The Balaban J connectivity index is 1.41. The molecule has 3 aromatic heterocycles. The van der Waals surface area contributed by atoms with Gasteiger partial charge in [-0.3, -0.25) is 4.40 Å². The molecule has 0 bridgehead atoms. The van der Waals surface area contributed by atoms with Gasteiger partial charge in [0.2, 0.25) is 5.88 Å². The highest BCUT2D eigenvalue weighted by Crippen LogP contribution is 2.38. The number of anilines is 1. The third kappa shape index (κ3) is 4.08. The van der Waals surface area contributed by atoms with Crippen molar-refractivity contribution >= 4 is 22.2 Å². The molecule has 0 saturated heterocycles. The molecule has 4 N–H and O–H groups in total. The number of nitrogens with zero attached hydrogens (tertiary/aromatic N) is 4. The number of nitrogen functional groups attached to an aromatic ring is 1. The summed E-state index contributed by atoms with van der Waals surface area (Å²) in [6, 6.07) is 19.8. The number of fused-ring (bicyclic) bond motifs is 2. The molecule has 3 heterocycles. The molecule has 6 rings (SSSR count). The molecule has 7 heteroatoms. The maximum atomic E-state index is 6.38. The van der Waals surface area contributed by atoms with Crippen molar-refractivity contribution in [2.75, 3.05) is 12.3 Å². The van der Waals surface area contributed by atoms with Crippen LogP contribution in [0, 0.1) is 5.92 Å². The third-order valence-electron chi connectivity index (χ3n) is 7.06. The first-order valence-electron chi connectivity index (χ1n) is 12.2. The number of pyridine rings is 1. The number of aromatic nitrogens is 4. The molecule has 1 saturated carbocycles. The lowest BCUT2D eigenvalue weighted by Gasteiger charge is -2.26.